The van der Waals surface area contributed by atoms with E-state index in [0.717, 1.165) is 61.4 Å². The Bertz CT molecular complexity index is 1120. The largest absolute Gasteiger partial charge is 0.326 e. The maximum Gasteiger partial charge on any atom is 0.226 e. The van der Waals surface area contributed by atoms with Crippen LogP contribution in [0.3, 0.4) is 0 Å². The second-order valence-electron chi connectivity index (χ2n) is 13.7. The van der Waals surface area contributed by atoms with Crippen LogP contribution in [0.1, 0.15) is 142 Å². The molecule has 7 nitrogen and oxygen atoms in total. The summed E-state index contributed by atoms with van der Waals surface area (Å²) in [7, 11) is 2.12. The smallest absolute Gasteiger partial charge is 0.226 e. The molecule has 260 valence electrons. The molecule has 1 aliphatic rings. The lowest BCUT2D eigenvalue weighted by atomic mass is 10.1. The zero-order valence-corrected chi connectivity index (χ0v) is 29.8. The van der Waals surface area contributed by atoms with Gasteiger partial charge in [0.25, 0.3) is 0 Å². The SMILES string of the molecule is CCCCCCCCCCC(=O)Nc1ccc([N+](C)(CN2CCCC2=O)c2ccc(NC(=O)CCCCCCCCCC)cc2)cc1. The number of likely N-dealkylation sites (tertiary alicyclic amines) is 1. The third kappa shape index (κ3) is 13.8. The molecule has 1 heterocycles. The van der Waals surface area contributed by atoms with E-state index in [1.165, 1.54) is 77.0 Å². The van der Waals surface area contributed by atoms with Crippen LogP contribution >= 0.6 is 0 Å². The van der Waals surface area contributed by atoms with E-state index in [-0.39, 0.29) is 17.7 Å². The number of carbonyl (C=O) groups excluding carboxylic acids is 3. The molecular formula is C40H63N4O3+. The summed E-state index contributed by atoms with van der Waals surface area (Å²) in [6.07, 6.45) is 22.0. The van der Waals surface area contributed by atoms with Gasteiger partial charge in [-0.15, -0.1) is 0 Å². The Balaban J connectivity index is 1.55. The molecule has 0 spiro atoms. The molecule has 0 aliphatic carbocycles. The standard InChI is InChI=1S/C40H62N4O3/c1-4-6-8-10-12-14-16-18-21-38(45)41-34-24-28-36(29-25-34)44(3,33-43-32-20-23-40(43)47)37-30-26-35(27-31-37)42-39(46)22-19-17-15-13-11-9-7-5-2/h24-31H,4-23,32-33H2,1-3H3,(H-,41,42,45,46)/p+1. The van der Waals surface area contributed by atoms with E-state index in [1.807, 2.05) is 53.4 Å². The second kappa shape index (κ2) is 21.6. The van der Waals surface area contributed by atoms with Gasteiger partial charge in [-0.05, 0) is 43.5 Å². The maximum atomic E-state index is 12.7. The fraction of sp³-hybridized carbons (Fsp3) is 0.625. The molecule has 1 fully saturated rings. The molecule has 3 amide bonds. The Morgan fingerprint density at radius 3 is 1.36 bits per heavy atom. The number of rotatable bonds is 24. The molecule has 1 aliphatic heterocycles. The lowest BCUT2D eigenvalue weighted by Gasteiger charge is -2.36. The summed E-state index contributed by atoms with van der Waals surface area (Å²) in [4.78, 5) is 39.8. The number of nitrogens with zero attached hydrogens (tertiary/aromatic N) is 2. The van der Waals surface area contributed by atoms with Gasteiger partial charge in [-0.1, -0.05) is 104 Å². The van der Waals surface area contributed by atoms with Crippen molar-refractivity contribution < 1.29 is 14.4 Å². The molecule has 2 aromatic carbocycles. The van der Waals surface area contributed by atoms with Gasteiger partial charge in [0.2, 0.25) is 17.7 Å². The van der Waals surface area contributed by atoms with Gasteiger partial charge in [0.05, 0.1) is 7.05 Å². The Morgan fingerprint density at radius 2 is 1.00 bits per heavy atom. The number of hydrogen-bond donors (Lipinski definition) is 2. The van der Waals surface area contributed by atoms with Crippen molar-refractivity contribution in [3.05, 3.63) is 48.5 Å². The van der Waals surface area contributed by atoms with Crippen LogP contribution in [-0.4, -0.2) is 42.9 Å². The van der Waals surface area contributed by atoms with E-state index < -0.39 is 0 Å². The highest BCUT2D eigenvalue weighted by Gasteiger charge is 2.34. The first-order valence-electron chi connectivity index (χ1n) is 18.8. The van der Waals surface area contributed by atoms with Crippen molar-refractivity contribution in [2.75, 3.05) is 30.9 Å². The molecule has 0 atom stereocenters. The molecule has 2 aromatic rings. The third-order valence-corrected chi connectivity index (χ3v) is 9.58. The molecule has 0 radical (unpaired) electrons. The van der Waals surface area contributed by atoms with Crippen molar-refractivity contribution in [3.63, 3.8) is 0 Å². The number of carbonyl (C=O) groups is 3. The van der Waals surface area contributed by atoms with Crippen molar-refractivity contribution in [2.24, 2.45) is 0 Å². The van der Waals surface area contributed by atoms with Crippen LogP contribution < -0.4 is 15.1 Å². The van der Waals surface area contributed by atoms with Gasteiger partial charge in [-0.25, -0.2) is 4.48 Å². The molecule has 2 N–H and O–H groups in total. The summed E-state index contributed by atoms with van der Waals surface area (Å²) in [5, 5.41) is 6.13. The van der Waals surface area contributed by atoms with Gasteiger partial charge in [0.1, 0.15) is 11.4 Å². The van der Waals surface area contributed by atoms with E-state index in [0.29, 0.717) is 30.4 Å². The summed E-state index contributed by atoms with van der Waals surface area (Å²) < 4.78 is 0.407. The highest BCUT2D eigenvalue weighted by atomic mass is 16.2. The number of hydrogen-bond acceptors (Lipinski definition) is 3. The van der Waals surface area contributed by atoms with E-state index in [4.69, 9.17) is 0 Å². The van der Waals surface area contributed by atoms with Crippen LogP contribution in [-0.2, 0) is 14.4 Å². The lowest BCUT2D eigenvalue weighted by Crippen LogP contribution is -2.49. The van der Waals surface area contributed by atoms with Gasteiger partial charge < -0.3 is 10.6 Å². The molecular weight excluding hydrogens is 584 g/mol. The Hall–Kier alpha value is -3.19. The molecule has 1 saturated heterocycles. The summed E-state index contributed by atoms with van der Waals surface area (Å²) in [5.74, 6) is 0.302. The van der Waals surface area contributed by atoms with E-state index in [9.17, 15) is 14.4 Å². The van der Waals surface area contributed by atoms with Gasteiger partial charge >= 0.3 is 0 Å². The summed E-state index contributed by atoms with van der Waals surface area (Å²) in [6.45, 7) is 5.75. The Kier molecular flexibility index (Phi) is 17.6. The lowest BCUT2D eigenvalue weighted by molar-refractivity contribution is -0.128. The zero-order chi connectivity index (χ0) is 33.7. The summed E-state index contributed by atoms with van der Waals surface area (Å²) in [6, 6.07) is 16.0. The molecule has 47 heavy (non-hydrogen) atoms. The topological polar surface area (TPSA) is 78.5 Å². The number of amides is 3. The monoisotopic (exact) mass is 647 g/mol. The molecule has 0 unspecified atom stereocenters. The number of nitrogens with one attached hydrogen (secondary N) is 2. The van der Waals surface area contributed by atoms with Crippen molar-refractivity contribution >= 4 is 40.5 Å². The first-order chi connectivity index (χ1) is 22.9. The van der Waals surface area contributed by atoms with Gasteiger partial charge in [0.15, 0.2) is 6.67 Å². The van der Waals surface area contributed by atoms with Crippen LogP contribution in [0.25, 0.3) is 0 Å². The average molecular weight is 648 g/mol. The predicted molar refractivity (Wildman–Crippen MR) is 198 cm³/mol. The fourth-order valence-corrected chi connectivity index (χ4v) is 6.54. The second-order valence-corrected chi connectivity index (χ2v) is 13.7. The summed E-state index contributed by atoms with van der Waals surface area (Å²) >= 11 is 0. The van der Waals surface area contributed by atoms with Crippen molar-refractivity contribution in [3.8, 4) is 0 Å². The highest BCUT2D eigenvalue weighted by molar-refractivity contribution is 5.91. The number of anilines is 2. The Morgan fingerprint density at radius 1 is 0.617 bits per heavy atom. The van der Waals surface area contributed by atoms with E-state index in [1.54, 1.807) is 0 Å². The minimum Gasteiger partial charge on any atom is -0.326 e. The predicted octanol–water partition coefficient (Wildman–Crippen LogP) is 10.5. The van der Waals surface area contributed by atoms with Crippen LogP contribution in [0.5, 0.6) is 0 Å². The molecule has 3 rings (SSSR count). The normalized spacial score (nSPS) is 13.3. The molecule has 0 bridgehead atoms. The van der Waals surface area contributed by atoms with Crippen molar-refractivity contribution in [1.29, 1.82) is 0 Å². The highest BCUT2D eigenvalue weighted by Crippen LogP contribution is 2.35. The Labute approximate surface area is 285 Å². The van der Waals surface area contributed by atoms with Gasteiger partial charge in [-0.3, -0.25) is 19.3 Å². The maximum absolute atomic E-state index is 12.7. The quantitative estimate of drug-likeness (QED) is 0.0879. The minimum absolute atomic E-state index is 0.0590. The number of benzene rings is 2. The first-order valence-corrected chi connectivity index (χ1v) is 18.8. The fourth-order valence-electron chi connectivity index (χ4n) is 6.54. The number of quaternary nitrogens is 1. The summed E-state index contributed by atoms with van der Waals surface area (Å²) in [5.41, 5.74) is 3.63. The molecule has 0 saturated carbocycles. The van der Waals surface area contributed by atoms with Crippen LogP contribution in [0.2, 0.25) is 0 Å². The van der Waals surface area contributed by atoms with Crippen LogP contribution in [0.15, 0.2) is 48.5 Å². The van der Waals surface area contributed by atoms with Crippen LogP contribution in [0.4, 0.5) is 22.7 Å². The molecule has 0 aromatic heterocycles. The third-order valence-electron chi connectivity index (χ3n) is 9.58. The first kappa shape index (κ1) is 38.3. The number of unbranched alkanes of at least 4 members (excludes halogenated alkanes) is 14. The van der Waals surface area contributed by atoms with Crippen molar-refractivity contribution in [2.45, 2.75) is 142 Å². The van der Waals surface area contributed by atoms with Gasteiger partial charge in [-0.2, -0.15) is 0 Å². The van der Waals surface area contributed by atoms with E-state index in [2.05, 4.69) is 31.5 Å². The zero-order valence-electron chi connectivity index (χ0n) is 29.8. The van der Waals surface area contributed by atoms with Crippen LogP contribution in [0, 0.1) is 0 Å². The van der Waals surface area contributed by atoms with Crippen molar-refractivity contribution in [1.82, 2.24) is 9.38 Å². The van der Waals surface area contributed by atoms with E-state index >= 15 is 0 Å². The average Bonchev–Trinajstić information content (AvgIpc) is 3.47. The molecule has 7 heteroatoms. The minimum atomic E-state index is 0.0590. The van der Waals surface area contributed by atoms with Gasteiger partial charge in [0, 0.05) is 61.4 Å².